The molecule has 2 bridgehead atoms. The fraction of sp³-hybridized carbons (Fsp3) is 0.588. The lowest BCUT2D eigenvalue weighted by atomic mass is 9.89. The number of aryl methyl sites for hydroxylation is 1. The van der Waals surface area contributed by atoms with Crippen LogP contribution >= 0.6 is 0 Å². The lowest BCUT2D eigenvalue weighted by Crippen LogP contribution is -2.38. The fourth-order valence-corrected chi connectivity index (χ4v) is 4.04. The Morgan fingerprint density at radius 3 is 2.75 bits per heavy atom. The quantitative estimate of drug-likeness (QED) is 0.898. The highest BCUT2D eigenvalue weighted by molar-refractivity contribution is 5.75. The van der Waals surface area contributed by atoms with Gasteiger partial charge >= 0.3 is 0 Å². The smallest absolute Gasteiger partial charge is 0.107 e. The molecule has 3 heterocycles. The van der Waals surface area contributed by atoms with E-state index in [2.05, 4.69) is 35.4 Å². The van der Waals surface area contributed by atoms with Crippen molar-refractivity contribution >= 4 is 11.0 Å². The molecule has 106 valence electrons. The molecule has 2 unspecified atom stereocenters. The van der Waals surface area contributed by atoms with Crippen LogP contribution < -0.4 is 5.32 Å². The van der Waals surface area contributed by atoms with Crippen LogP contribution in [-0.2, 0) is 12.8 Å². The van der Waals surface area contributed by atoms with Crippen LogP contribution in [0.25, 0.3) is 11.0 Å². The summed E-state index contributed by atoms with van der Waals surface area (Å²) in [6, 6.07) is 8.14. The Hall–Kier alpha value is -1.35. The summed E-state index contributed by atoms with van der Waals surface area (Å²) in [6.07, 6.45) is 7.61. The van der Waals surface area contributed by atoms with E-state index >= 15 is 0 Å². The zero-order valence-electron chi connectivity index (χ0n) is 12.2. The van der Waals surface area contributed by atoms with E-state index in [0.29, 0.717) is 0 Å². The number of nitrogens with zero attached hydrogens (tertiary/aromatic N) is 1. The summed E-state index contributed by atoms with van der Waals surface area (Å²) in [5.74, 6) is 1.99. The van der Waals surface area contributed by atoms with Crippen molar-refractivity contribution in [1.82, 2.24) is 15.3 Å². The van der Waals surface area contributed by atoms with Crippen LogP contribution in [0.2, 0.25) is 0 Å². The molecule has 2 saturated heterocycles. The maximum atomic E-state index is 4.78. The molecule has 2 aliphatic heterocycles. The SMILES string of the molecule is CCc1ccc2nc(CC3CC4CCC(C3)N4)[nH]c2c1. The first-order valence-corrected chi connectivity index (χ1v) is 8.03. The van der Waals surface area contributed by atoms with Gasteiger partial charge in [0.15, 0.2) is 0 Å². The van der Waals surface area contributed by atoms with E-state index < -0.39 is 0 Å². The number of rotatable bonds is 3. The summed E-state index contributed by atoms with van der Waals surface area (Å²) in [6.45, 7) is 2.20. The van der Waals surface area contributed by atoms with Crippen LogP contribution in [0, 0.1) is 5.92 Å². The molecule has 4 rings (SSSR count). The van der Waals surface area contributed by atoms with E-state index in [9.17, 15) is 0 Å². The molecule has 3 heteroatoms. The van der Waals surface area contributed by atoms with Gasteiger partial charge in [-0.25, -0.2) is 4.98 Å². The largest absolute Gasteiger partial charge is 0.342 e. The first kappa shape index (κ1) is 12.4. The second kappa shape index (κ2) is 4.88. The van der Waals surface area contributed by atoms with Crippen LogP contribution in [0.5, 0.6) is 0 Å². The van der Waals surface area contributed by atoms with Crippen LogP contribution in [0.1, 0.15) is 44.0 Å². The molecule has 1 aromatic carbocycles. The second-order valence-electron chi connectivity index (χ2n) is 6.57. The van der Waals surface area contributed by atoms with Crippen LogP contribution in [0.3, 0.4) is 0 Å². The zero-order valence-corrected chi connectivity index (χ0v) is 12.2. The molecule has 2 aromatic rings. The van der Waals surface area contributed by atoms with Crippen molar-refractivity contribution < 1.29 is 0 Å². The number of piperidine rings is 1. The third kappa shape index (κ3) is 2.24. The van der Waals surface area contributed by atoms with Gasteiger partial charge in [-0.15, -0.1) is 0 Å². The van der Waals surface area contributed by atoms with E-state index in [1.165, 1.54) is 42.6 Å². The number of H-pyrrole nitrogens is 1. The Bertz CT molecular complexity index is 604. The van der Waals surface area contributed by atoms with E-state index in [4.69, 9.17) is 4.98 Å². The van der Waals surface area contributed by atoms with Gasteiger partial charge in [-0.1, -0.05) is 13.0 Å². The first-order chi connectivity index (χ1) is 9.80. The number of nitrogens with one attached hydrogen (secondary N) is 2. The Morgan fingerprint density at radius 2 is 2.00 bits per heavy atom. The van der Waals surface area contributed by atoms with Crippen molar-refractivity contribution in [2.24, 2.45) is 5.92 Å². The number of aromatic amines is 1. The lowest BCUT2D eigenvalue weighted by Gasteiger charge is -2.28. The van der Waals surface area contributed by atoms with Crippen LogP contribution in [0.4, 0.5) is 0 Å². The predicted octanol–water partition coefficient (Wildman–Crippen LogP) is 3.20. The normalized spacial score (nSPS) is 29.1. The summed E-state index contributed by atoms with van der Waals surface area (Å²) in [4.78, 5) is 8.31. The van der Waals surface area contributed by atoms with Crippen molar-refractivity contribution in [3.05, 3.63) is 29.6 Å². The third-order valence-corrected chi connectivity index (χ3v) is 5.06. The highest BCUT2D eigenvalue weighted by atomic mass is 15.0. The van der Waals surface area contributed by atoms with Gasteiger partial charge in [-0.2, -0.15) is 0 Å². The highest BCUT2D eigenvalue weighted by Crippen LogP contribution is 2.32. The van der Waals surface area contributed by atoms with Gasteiger partial charge in [0.25, 0.3) is 0 Å². The summed E-state index contributed by atoms with van der Waals surface area (Å²) >= 11 is 0. The number of hydrogen-bond donors (Lipinski definition) is 2. The minimum Gasteiger partial charge on any atom is -0.342 e. The van der Waals surface area contributed by atoms with Crippen LogP contribution in [-0.4, -0.2) is 22.1 Å². The summed E-state index contributed by atoms with van der Waals surface area (Å²) in [5.41, 5.74) is 3.71. The predicted molar refractivity (Wildman–Crippen MR) is 81.8 cm³/mol. The molecule has 0 aliphatic carbocycles. The van der Waals surface area contributed by atoms with Crippen molar-refractivity contribution in [1.29, 1.82) is 0 Å². The lowest BCUT2D eigenvalue weighted by molar-refractivity contribution is 0.295. The molecule has 0 spiro atoms. The first-order valence-electron chi connectivity index (χ1n) is 8.03. The van der Waals surface area contributed by atoms with Gasteiger partial charge in [-0.05, 0) is 55.7 Å². The van der Waals surface area contributed by atoms with Crippen LogP contribution in [0.15, 0.2) is 18.2 Å². The maximum Gasteiger partial charge on any atom is 0.107 e. The molecule has 20 heavy (non-hydrogen) atoms. The Morgan fingerprint density at radius 1 is 1.20 bits per heavy atom. The number of aromatic nitrogens is 2. The summed E-state index contributed by atoms with van der Waals surface area (Å²) in [7, 11) is 0. The average Bonchev–Trinajstić information content (AvgIpc) is 3.00. The summed E-state index contributed by atoms with van der Waals surface area (Å²) in [5, 5.41) is 3.72. The van der Waals surface area contributed by atoms with Gasteiger partial charge in [0.05, 0.1) is 11.0 Å². The Balaban J connectivity index is 1.53. The molecular weight excluding hydrogens is 246 g/mol. The molecule has 3 nitrogen and oxygen atoms in total. The van der Waals surface area contributed by atoms with Crippen molar-refractivity contribution in [2.45, 2.75) is 57.5 Å². The third-order valence-electron chi connectivity index (χ3n) is 5.06. The van der Waals surface area contributed by atoms with E-state index in [0.717, 1.165) is 36.4 Å². The number of fused-ring (bicyclic) bond motifs is 3. The molecule has 2 N–H and O–H groups in total. The molecule has 0 amide bonds. The fourth-order valence-electron chi connectivity index (χ4n) is 4.04. The van der Waals surface area contributed by atoms with Gasteiger partial charge in [0.1, 0.15) is 5.82 Å². The average molecular weight is 269 g/mol. The molecule has 0 saturated carbocycles. The zero-order chi connectivity index (χ0) is 13.5. The Labute approximate surface area is 120 Å². The maximum absolute atomic E-state index is 4.78. The standard InChI is InChI=1S/C17H23N3/c1-2-11-3-6-15-16(9-11)20-17(19-15)10-12-7-13-4-5-14(8-12)18-13/h3,6,9,12-14,18H,2,4-5,7-8,10H2,1H3,(H,19,20). The van der Waals surface area contributed by atoms with Crippen molar-refractivity contribution in [3.8, 4) is 0 Å². The van der Waals surface area contributed by atoms with E-state index in [1.54, 1.807) is 0 Å². The highest BCUT2D eigenvalue weighted by Gasteiger charge is 2.33. The molecule has 1 aromatic heterocycles. The topological polar surface area (TPSA) is 40.7 Å². The van der Waals surface area contributed by atoms with E-state index in [1.807, 2.05) is 0 Å². The van der Waals surface area contributed by atoms with Gasteiger partial charge in [0, 0.05) is 18.5 Å². The van der Waals surface area contributed by atoms with Gasteiger partial charge in [-0.3, -0.25) is 0 Å². The second-order valence-corrected chi connectivity index (χ2v) is 6.57. The molecule has 0 radical (unpaired) electrons. The molecule has 2 atom stereocenters. The Kier molecular flexibility index (Phi) is 3.03. The summed E-state index contributed by atoms with van der Waals surface area (Å²) < 4.78 is 0. The minimum atomic E-state index is 0.773. The minimum absolute atomic E-state index is 0.773. The van der Waals surface area contributed by atoms with Gasteiger partial charge < -0.3 is 10.3 Å². The van der Waals surface area contributed by atoms with Gasteiger partial charge in [0.2, 0.25) is 0 Å². The van der Waals surface area contributed by atoms with Crippen molar-refractivity contribution in [3.63, 3.8) is 0 Å². The molecular formula is C17H23N3. The number of benzene rings is 1. The molecule has 2 aliphatic rings. The number of hydrogen-bond acceptors (Lipinski definition) is 2. The monoisotopic (exact) mass is 269 g/mol. The van der Waals surface area contributed by atoms with E-state index in [-0.39, 0.29) is 0 Å². The number of imidazole rings is 1. The van der Waals surface area contributed by atoms with Crippen molar-refractivity contribution in [2.75, 3.05) is 0 Å². The molecule has 2 fully saturated rings.